The van der Waals surface area contributed by atoms with Crippen LogP contribution in [0.15, 0.2) is 36.4 Å². The summed E-state index contributed by atoms with van der Waals surface area (Å²) >= 11 is 12.5. The summed E-state index contributed by atoms with van der Waals surface area (Å²) in [4.78, 5) is 11.5. The van der Waals surface area contributed by atoms with Crippen LogP contribution in [0.5, 0.6) is 5.75 Å². The lowest BCUT2D eigenvalue weighted by atomic mass is 9.97. The van der Waals surface area contributed by atoms with Gasteiger partial charge in [-0.25, -0.2) is 4.79 Å². The average molecular weight is 321 g/mol. The summed E-state index contributed by atoms with van der Waals surface area (Å²) in [5.74, 6) is -0.679. The van der Waals surface area contributed by atoms with E-state index < -0.39 is 5.97 Å². The number of rotatable bonds is 2. The van der Waals surface area contributed by atoms with Crippen LogP contribution in [0.2, 0.25) is 10.0 Å². The maximum absolute atomic E-state index is 11.5. The van der Waals surface area contributed by atoms with Crippen molar-refractivity contribution in [2.45, 2.75) is 0 Å². The van der Waals surface area contributed by atoms with Crippen molar-refractivity contribution >= 4 is 50.7 Å². The molecule has 21 heavy (non-hydrogen) atoms. The number of fused-ring (bicyclic) bond motifs is 3. The topological polar surface area (TPSA) is 46.5 Å². The number of carboxylic acids is 1. The first-order chi connectivity index (χ1) is 10.0. The number of benzene rings is 3. The zero-order valence-corrected chi connectivity index (χ0v) is 12.5. The van der Waals surface area contributed by atoms with Crippen molar-refractivity contribution < 1.29 is 14.6 Å². The van der Waals surface area contributed by atoms with Gasteiger partial charge in [-0.1, -0.05) is 47.5 Å². The first-order valence-corrected chi connectivity index (χ1v) is 6.91. The summed E-state index contributed by atoms with van der Waals surface area (Å²) < 4.78 is 5.22. The Hall–Kier alpha value is -1.97. The van der Waals surface area contributed by atoms with Crippen LogP contribution in [0, 0.1) is 0 Å². The van der Waals surface area contributed by atoms with Gasteiger partial charge < -0.3 is 9.84 Å². The summed E-state index contributed by atoms with van der Waals surface area (Å²) in [6.07, 6.45) is 0. The van der Waals surface area contributed by atoms with Crippen LogP contribution in [0.3, 0.4) is 0 Å². The van der Waals surface area contributed by atoms with Crippen LogP contribution in [0.25, 0.3) is 21.5 Å². The first kappa shape index (κ1) is 14.0. The molecule has 106 valence electrons. The third-order valence-corrected chi connectivity index (χ3v) is 4.07. The molecule has 0 atom stereocenters. The molecule has 0 heterocycles. The zero-order chi connectivity index (χ0) is 15.1. The fraction of sp³-hybridized carbons (Fsp3) is 0.0625. The van der Waals surface area contributed by atoms with Gasteiger partial charge in [-0.05, 0) is 22.9 Å². The number of methoxy groups -OCH3 is 1. The van der Waals surface area contributed by atoms with Gasteiger partial charge in [0.15, 0.2) is 5.75 Å². The largest absolute Gasteiger partial charge is 0.494 e. The van der Waals surface area contributed by atoms with Crippen molar-refractivity contribution in [3.05, 3.63) is 52.0 Å². The van der Waals surface area contributed by atoms with E-state index in [0.717, 1.165) is 10.8 Å². The molecular weight excluding hydrogens is 311 g/mol. The molecule has 0 amide bonds. The number of ether oxygens (including phenoxy) is 1. The van der Waals surface area contributed by atoms with Crippen LogP contribution < -0.4 is 4.74 Å². The van der Waals surface area contributed by atoms with Crippen LogP contribution in [-0.4, -0.2) is 18.2 Å². The van der Waals surface area contributed by atoms with E-state index in [4.69, 9.17) is 27.9 Å². The zero-order valence-electron chi connectivity index (χ0n) is 11.0. The lowest BCUT2D eigenvalue weighted by molar-refractivity contribution is 0.0699. The molecule has 0 radical (unpaired) electrons. The van der Waals surface area contributed by atoms with Crippen molar-refractivity contribution in [3.63, 3.8) is 0 Å². The van der Waals surface area contributed by atoms with Crippen LogP contribution in [-0.2, 0) is 0 Å². The second-order valence-electron chi connectivity index (χ2n) is 4.58. The maximum atomic E-state index is 11.5. The number of hydrogen-bond acceptors (Lipinski definition) is 2. The minimum Gasteiger partial charge on any atom is -0.494 e. The fourth-order valence-corrected chi connectivity index (χ4v) is 3.24. The van der Waals surface area contributed by atoms with E-state index in [-0.39, 0.29) is 10.6 Å². The molecule has 0 saturated carbocycles. The Balaban J connectivity index is 2.63. The minimum absolute atomic E-state index is 0.162. The SMILES string of the molecule is COc1c(Cl)cc2c(C(=O)O)cc3ccccc3c2c1Cl. The molecule has 0 saturated heterocycles. The van der Waals surface area contributed by atoms with E-state index >= 15 is 0 Å². The number of carbonyl (C=O) groups is 1. The van der Waals surface area contributed by atoms with Crippen molar-refractivity contribution in [2.75, 3.05) is 7.11 Å². The Bertz CT molecular complexity index is 888. The Morgan fingerprint density at radius 2 is 1.86 bits per heavy atom. The summed E-state index contributed by atoms with van der Waals surface area (Å²) in [6.45, 7) is 0. The fourth-order valence-electron chi connectivity index (χ4n) is 2.52. The molecule has 0 bridgehead atoms. The Kier molecular flexibility index (Phi) is 3.40. The highest BCUT2D eigenvalue weighted by Gasteiger charge is 2.19. The molecule has 3 nitrogen and oxygen atoms in total. The second-order valence-corrected chi connectivity index (χ2v) is 5.36. The molecule has 5 heteroatoms. The minimum atomic E-state index is -1.02. The summed E-state index contributed by atoms with van der Waals surface area (Å²) in [5, 5.41) is 12.8. The van der Waals surface area contributed by atoms with Gasteiger partial charge in [0.2, 0.25) is 0 Å². The van der Waals surface area contributed by atoms with Gasteiger partial charge >= 0.3 is 5.97 Å². The van der Waals surface area contributed by atoms with Gasteiger partial charge in [-0.2, -0.15) is 0 Å². The molecule has 1 N–H and O–H groups in total. The molecule has 3 rings (SSSR count). The van der Waals surface area contributed by atoms with Crippen LogP contribution in [0.4, 0.5) is 0 Å². The van der Waals surface area contributed by atoms with E-state index in [2.05, 4.69) is 0 Å². The summed E-state index contributed by atoms with van der Waals surface area (Å²) in [6, 6.07) is 10.7. The van der Waals surface area contributed by atoms with Crippen molar-refractivity contribution in [1.82, 2.24) is 0 Å². The Morgan fingerprint density at radius 3 is 2.52 bits per heavy atom. The van der Waals surface area contributed by atoms with Crippen molar-refractivity contribution in [3.8, 4) is 5.75 Å². The van der Waals surface area contributed by atoms with Gasteiger partial charge in [0.1, 0.15) is 0 Å². The monoisotopic (exact) mass is 320 g/mol. The van der Waals surface area contributed by atoms with E-state index in [9.17, 15) is 9.90 Å². The van der Waals surface area contributed by atoms with Gasteiger partial charge in [0.05, 0.1) is 22.7 Å². The van der Waals surface area contributed by atoms with E-state index in [1.165, 1.54) is 7.11 Å². The van der Waals surface area contributed by atoms with Crippen LogP contribution >= 0.6 is 23.2 Å². The van der Waals surface area contributed by atoms with Gasteiger partial charge in [0.25, 0.3) is 0 Å². The van der Waals surface area contributed by atoms with Crippen LogP contribution in [0.1, 0.15) is 10.4 Å². The van der Waals surface area contributed by atoms with E-state index in [0.29, 0.717) is 21.5 Å². The van der Waals surface area contributed by atoms with Gasteiger partial charge in [0, 0.05) is 10.8 Å². The molecule has 0 fully saturated rings. The predicted octanol–water partition coefficient (Wildman–Crippen LogP) is 5.01. The average Bonchev–Trinajstić information content (AvgIpc) is 2.46. The molecule has 0 aromatic heterocycles. The van der Waals surface area contributed by atoms with Crippen molar-refractivity contribution in [2.24, 2.45) is 0 Å². The molecular formula is C16H10Cl2O3. The second kappa shape index (κ2) is 5.10. The first-order valence-electron chi connectivity index (χ1n) is 6.15. The molecule has 0 aliphatic rings. The highest BCUT2D eigenvalue weighted by Crippen LogP contribution is 2.43. The molecule has 0 unspecified atom stereocenters. The number of carboxylic acid groups (broad SMARTS) is 1. The molecule has 3 aromatic rings. The molecule has 3 aromatic carbocycles. The number of halogens is 2. The lowest BCUT2D eigenvalue weighted by Crippen LogP contribution is -1.99. The molecule has 0 spiro atoms. The Labute approximate surface area is 130 Å². The number of hydrogen-bond donors (Lipinski definition) is 1. The quantitative estimate of drug-likeness (QED) is 0.675. The molecule has 0 aliphatic carbocycles. The number of aromatic carboxylic acids is 1. The highest BCUT2D eigenvalue weighted by atomic mass is 35.5. The van der Waals surface area contributed by atoms with E-state index in [1.807, 2.05) is 24.3 Å². The standard InChI is InChI=1S/C16H10Cl2O3/c1-21-15-12(17)7-10-11(16(19)20)6-8-4-2-3-5-9(8)13(10)14(15)18/h2-7H,1H3,(H,19,20). The van der Waals surface area contributed by atoms with E-state index in [1.54, 1.807) is 12.1 Å². The summed E-state index contributed by atoms with van der Waals surface area (Å²) in [5.41, 5.74) is 0.162. The normalized spacial score (nSPS) is 11.0. The highest BCUT2D eigenvalue weighted by molar-refractivity contribution is 6.43. The smallest absolute Gasteiger partial charge is 0.336 e. The van der Waals surface area contributed by atoms with Crippen molar-refractivity contribution in [1.29, 1.82) is 0 Å². The Morgan fingerprint density at radius 1 is 1.14 bits per heavy atom. The summed E-state index contributed by atoms with van der Waals surface area (Å²) in [7, 11) is 1.47. The maximum Gasteiger partial charge on any atom is 0.336 e. The molecule has 0 aliphatic heterocycles. The third-order valence-electron chi connectivity index (χ3n) is 3.43. The third kappa shape index (κ3) is 2.09. The van der Waals surface area contributed by atoms with Gasteiger partial charge in [-0.15, -0.1) is 0 Å². The predicted molar refractivity (Wildman–Crippen MR) is 85.0 cm³/mol. The van der Waals surface area contributed by atoms with Gasteiger partial charge in [-0.3, -0.25) is 0 Å². The lowest BCUT2D eigenvalue weighted by Gasteiger charge is -2.13.